The van der Waals surface area contributed by atoms with E-state index in [1.54, 1.807) is 33.4 Å². The zero-order valence-electron chi connectivity index (χ0n) is 39.0. The molecule has 2 saturated heterocycles. The number of carbonyl (C=O) groups excluding carboxylic acids is 4. The number of H-pyrrole nitrogens is 1. The summed E-state index contributed by atoms with van der Waals surface area (Å²) in [5, 5.41) is 10.7. The lowest BCUT2D eigenvalue weighted by molar-refractivity contribution is -0.136. The Balaban J connectivity index is 1.04. The number of rotatable bonds is 14. The second-order valence-corrected chi connectivity index (χ2v) is 19.6. The average Bonchev–Trinajstić information content (AvgIpc) is 3.90. The summed E-state index contributed by atoms with van der Waals surface area (Å²) in [6.07, 6.45) is 7.66. The largest absolute Gasteiger partial charge is 0.464 e. The third kappa shape index (κ3) is 8.90. The van der Waals surface area contributed by atoms with Crippen molar-refractivity contribution in [3.05, 3.63) is 82.1 Å². The van der Waals surface area contributed by atoms with Crippen molar-refractivity contribution in [3.8, 4) is 28.3 Å². The van der Waals surface area contributed by atoms with Crippen LogP contribution in [0.25, 0.3) is 39.1 Å². The number of benzene rings is 2. The maximum absolute atomic E-state index is 17.0. The van der Waals surface area contributed by atoms with Crippen LogP contribution in [-0.4, -0.2) is 106 Å². The first kappa shape index (κ1) is 46.4. The van der Waals surface area contributed by atoms with E-state index in [1.807, 2.05) is 62.7 Å². The Morgan fingerprint density at radius 2 is 1.60 bits per heavy atom. The van der Waals surface area contributed by atoms with E-state index in [0.717, 1.165) is 51.3 Å². The van der Waals surface area contributed by atoms with Crippen LogP contribution in [0.1, 0.15) is 106 Å². The molecule has 9 rings (SSSR count). The summed E-state index contributed by atoms with van der Waals surface area (Å²) in [4.78, 5) is 73.4. The highest BCUT2D eigenvalue weighted by atomic mass is 32.1. The number of nitrogens with one attached hydrogen (secondary N) is 4. The van der Waals surface area contributed by atoms with Gasteiger partial charge in [0, 0.05) is 47.9 Å². The molecule has 4 aliphatic rings. The number of imidazole rings is 1. The number of aromatic nitrogens is 4. The predicted octanol–water partition coefficient (Wildman–Crippen LogP) is 8.07. The topological polar surface area (TPSA) is 197 Å². The summed E-state index contributed by atoms with van der Waals surface area (Å²) in [5.41, 5.74) is 4.26. The normalized spacial score (nSPS) is 19.9. The van der Waals surface area contributed by atoms with Crippen molar-refractivity contribution in [3.63, 3.8) is 0 Å². The van der Waals surface area contributed by atoms with Gasteiger partial charge in [0.1, 0.15) is 35.6 Å². The first-order chi connectivity index (χ1) is 32.8. The molecule has 0 radical (unpaired) electrons. The number of amides is 4. The predicted molar refractivity (Wildman–Crippen MR) is 255 cm³/mol. The van der Waals surface area contributed by atoms with Crippen molar-refractivity contribution in [1.29, 1.82) is 0 Å². The fourth-order valence-corrected chi connectivity index (χ4v) is 10.7. The Bertz CT molecular complexity index is 2790. The van der Waals surface area contributed by atoms with Crippen molar-refractivity contribution in [2.75, 3.05) is 27.3 Å². The van der Waals surface area contributed by atoms with E-state index in [9.17, 15) is 19.2 Å². The number of halogens is 1. The van der Waals surface area contributed by atoms with Crippen molar-refractivity contribution < 1.29 is 37.8 Å². The Hall–Kier alpha value is -6.76. The van der Waals surface area contributed by atoms with Gasteiger partial charge < -0.3 is 44.9 Å². The van der Waals surface area contributed by atoms with Crippen molar-refractivity contribution in [2.24, 2.45) is 16.8 Å². The van der Waals surface area contributed by atoms with Gasteiger partial charge in [0.2, 0.25) is 18.0 Å². The minimum Gasteiger partial charge on any atom is -0.464 e. The number of thiazole rings is 1. The number of alkyl carbamates (subject to hydrolysis) is 2. The van der Waals surface area contributed by atoms with E-state index in [1.165, 1.54) is 26.5 Å². The Kier molecular flexibility index (Phi) is 13.0. The molecule has 3 fully saturated rings. The lowest BCUT2D eigenvalue weighted by Crippen LogP contribution is -2.54. The van der Waals surface area contributed by atoms with Crippen LogP contribution in [0.15, 0.2) is 60.0 Å². The molecule has 3 aromatic heterocycles. The van der Waals surface area contributed by atoms with Crippen LogP contribution >= 0.6 is 11.3 Å². The molecule has 17 nitrogen and oxygen atoms in total. The Morgan fingerprint density at radius 3 is 2.28 bits per heavy atom. The van der Waals surface area contributed by atoms with E-state index in [4.69, 9.17) is 24.2 Å². The van der Waals surface area contributed by atoms with E-state index in [0.29, 0.717) is 72.4 Å². The van der Waals surface area contributed by atoms with E-state index < -0.39 is 42.5 Å². The zero-order chi connectivity index (χ0) is 48.0. The monoisotopic (exact) mass is 948 g/mol. The molecule has 3 aliphatic heterocycles. The van der Waals surface area contributed by atoms with Gasteiger partial charge in [0.25, 0.3) is 0 Å². The van der Waals surface area contributed by atoms with Gasteiger partial charge in [-0.05, 0) is 87.4 Å². The molecule has 0 spiro atoms. The number of hydrogen-bond acceptors (Lipinski definition) is 12. The average molecular weight is 949 g/mol. The molecule has 4 N–H and O–H groups in total. The fraction of sp³-hybridized carbons (Fsp3) is 0.449. The molecule has 1 aliphatic carbocycles. The van der Waals surface area contributed by atoms with Crippen LogP contribution in [0, 0.1) is 17.7 Å². The molecule has 2 aromatic carbocycles. The van der Waals surface area contributed by atoms with Crippen LogP contribution in [0.5, 0.6) is 5.75 Å². The molecule has 68 heavy (non-hydrogen) atoms. The van der Waals surface area contributed by atoms with Gasteiger partial charge in [0.05, 0.1) is 64.5 Å². The number of fused-ring (bicyclic) bond motifs is 5. The number of nitrogens with zero attached hydrogens (tertiary/aromatic N) is 6. The number of carbonyl (C=O) groups is 4. The minimum atomic E-state index is -0.810. The summed E-state index contributed by atoms with van der Waals surface area (Å²) in [5.74, 6) is 0.0810. The minimum absolute atomic E-state index is 0.158. The molecule has 6 heterocycles. The lowest BCUT2D eigenvalue weighted by Gasteiger charge is -2.32. The van der Waals surface area contributed by atoms with Crippen LogP contribution in [0.2, 0.25) is 0 Å². The number of aliphatic imine (C=N–C) groups is 1. The van der Waals surface area contributed by atoms with Gasteiger partial charge in [-0.1, -0.05) is 33.8 Å². The highest BCUT2D eigenvalue weighted by Gasteiger charge is 2.40. The summed E-state index contributed by atoms with van der Waals surface area (Å²) in [6, 6.07) is 9.38. The summed E-state index contributed by atoms with van der Waals surface area (Å²) >= 11 is 1.60. The smallest absolute Gasteiger partial charge is 0.407 e. The van der Waals surface area contributed by atoms with Crippen LogP contribution in [0.3, 0.4) is 0 Å². The van der Waals surface area contributed by atoms with Gasteiger partial charge in [0.15, 0.2) is 0 Å². The highest BCUT2D eigenvalue weighted by molar-refractivity contribution is 7.11. The third-order valence-corrected chi connectivity index (χ3v) is 14.5. The van der Waals surface area contributed by atoms with Crippen LogP contribution in [-0.2, 0) is 19.1 Å². The number of ether oxygens (including phenoxy) is 3. The molecule has 5 aromatic rings. The standard InChI is InChI=1S/C49H57FN10O7S/c1-25(2)41(56-48(63)65-6)45(61)58-16-8-10-35(58)43-52-23-33(55-43)28-14-15-34-30(18-28)20-36-40-31(50)19-29(21-37(40)67-47(60(34)36)38-24-53-44(68-38)27-12-13-27)32(22-51-5)54-39-11-9-17-59(39)46(62)42(26(3)4)57-49(64)66-7/h14-15,18-27,35,39,41-42,47,54H,5,8-13,16-17H2,1-4,6-7H3,(H,52,55)(H,56,63)(H,57,64)/b32-22-/t35-,39-,41-,42-,47?/m0/s1. The van der Waals surface area contributed by atoms with E-state index in [-0.39, 0.29) is 29.7 Å². The molecule has 1 unspecified atom stereocenters. The lowest BCUT2D eigenvalue weighted by atomic mass is 10.0. The SMILES string of the molecule is C=N/C=C(\N[C@@H]1CCCN1C(=O)[C@@H](NC(=O)OC)C(C)C)c1cc(F)c2c(c1)OC(c1cnc(C3CC3)s1)n1c-2cc2cc(-c3cnc([C@@H]4CCCN4C(=O)[C@@H](NC(=O)OC)C(C)C)[nH]3)ccc21. The van der Waals surface area contributed by atoms with Gasteiger partial charge in [-0.15, -0.1) is 11.3 Å². The van der Waals surface area contributed by atoms with Gasteiger partial charge >= 0.3 is 12.2 Å². The summed E-state index contributed by atoms with van der Waals surface area (Å²) in [6.45, 7) is 12.2. The quantitative estimate of drug-likeness (QED) is 0.0790. The third-order valence-electron chi connectivity index (χ3n) is 13.3. The number of hydrogen-bond donors (Lipinski definition) is 4. The Labute approximate surface area is 397 Å². The maximum Gasteiger partial charge on any atom is 0.407 e. The molecule has 358 valence electrons. The second-order valence-electron chi connectivity index (χ2n) is 18.5. The van der Waals surface area contributed by atoms with Crippen molar-refractivity contribution in [1.82, 2.24) is 45.3 Å². The molecule has 19 heteroatoms. The van der Waals surface area contributed by atoms with Gasteiger partial charge in [-0.25, -0.2) is 23.9 Å². The van der Waals surface area contributed by atoms with Crippen LogP contribution in [0.4, 0.5) is 14.0 Å². The molecular weight excluding hydrogens is 892 g/mol. The zero-order valence-corrected chi connectivity index (χ0v) is 39.8. The summed E-state index contributed by atoms with van der Waals surface area (Å²) in [7, 11) is 2.53. The summed E-state index contributed by atoms with van der Waals surface area (Å²) < 4.78 is 35.5. The molecule has 1 saturated carbocycles. The Morgan fingerprint density at radius 1 is 0.912 bits per heavy atom. The molecule has 4 amide bonds. The molecule has 5 atom stereocenters. The number of likely N-dealkylation sites (tertiary alicyclic amines) is 2. The maximum atomic E-state index is 17.0. The van der Waals surface area contributed by atoms with E-state index >= 15 is 4.39 Å². The highest BCUT2D eigenvalue weighted by Crippen LogP contribution is 2.49. The fourth-order valence-electron chi connectivity index (χ4n) is 9.59. The first-order valence-corrected chi connectivity index (χ1v) is 24.0. The van der Waals surface area contributed by atoms with Crippen LogP contribution < -0.4 is 20.7 Å². The number of methoxy groups -OCH3 is 2. The van der Waals surface area contributed by atoms with Crippen molar-refractivity contribution >= 4 is 58.7 Å². The molecule has 0 bridgehead atoms. The molecular formula is C49H57FN10O7S. The van der Waals surface area contributed by atoms with Gasteiger partial charge in [-0.2, -0.15) is 0 Å². The first-order valence-electron chi connectivity index (χ1n) is 23.2. The van der Waals surface area contributed by atoms with E-state index in [2.05, 4.69) is 32.6 Å². The second kappa shape index (κ2) is 19.1. The van der Waals surface area contributed by atoms with Gasteiger partial charge in [-0.3, -0.25) is 19.1 Å². The number of aromatic amines is 1. The van der Waals surface area contributed by atoms with Crippen molar-refractivity contribution in [2.45, 2.75) is 103 Å².